The van der Waals surface area contributed by atoms with Crippen molar-refractivity contribution in [1.29, 1.82) is 0 Å². The lowest BCUT2D eigenvalue weighted by Gasteiger charge is -2.22. The minimum atomic E-state index is -1.25. The molecular formula is C7H2N2O3. The molecule has 5 heteroatoms. The van der Waals surface area contributed by atoms with Crippen LogP contribution in [0.2, 0.25) is 0 Å². The molecule has 1 aromatic rings. The van der Waals surface area contributed by atoms with Gasteiger partial charge in [-0.1, -0.05) is 0 Å². The zero-order chi connectivity index (χ0) is 8.60. The molecular weight excluding hydrogens is 160 g/mol. The Hall–Kier alpha value is -1.96. The molecule has 0 amide bonds. The van der Waals surface area contributed by atoms with Gasteiger partial charge in [-0.3, -0.25) is 0 Å². The van der Waals surface area contributed by atoms with Crippen molar-refractivity contribution in [1.82, 2.24) is 0 Å². The molecule has 0 atom stereocenters. The van der Waals surface area contributed by atoms with E-state index in [4.69, 9.17) is 4.42 Å². The number of hydrogen-bond acceptors (Lipinski definition) is 5. The zero-order valence-electron chi connectivity index (χ0n) is 5.77. The summed E-state index contributed by atoms with van der Waals surface area (Å²) in [6.07, 6.45) is 2.67. The summed E-state index contributed by atoms with van der Waals surface area (Å²) in [4.78, 5) is 26.8. The number of furan rings is 1. The Morgan fingerprint density at radius 3 is 2.00 bits per heavy atom. The highest BCUT2D eigenvalue weighted by molar-refractivity contribution is 5.49. The second kappa shape index (κ2) is 2.01. The molecule has 0 saturated heterocycles. The molecule has 0 spiro atoms. The van der Waals surface area contributed by atoms with Crippen LogP contribution < -0.4 is 0 Å². The van der Waals surface area contributed by atoms with Crippen molar-refractivity contribution in [3.8, 4) is 0 Å². The minimum absolute atomic E-state index is 0.365. The van der Waals surface area contributed by atoms with E-state index in [0.29, 0.717) is 11.5 Å². The van der Waals surface area contributed by atoms with Crippen LogP contribution in [0, 0.1) is 0 Å². The van der Waals surface area contributed by atoms with Gasteiger partial charge in [0.15, 0.2) is 11.5 Å². The van der Waals surface area contributed by atoms with E-state index in [0.717, 1.165) is 0 Å². The van der Waals surface area contributed by atoms with E-state index in [9.17, 15) is 9.59 Å². The molecule has 1 aliphatic heterocycles. The van der Waals surface area contributed by atoms with Crippen molar-refractivity contribution in [3.63, 3.8) is 0 Å². The highest BCUT2D eigenvalue weighted by Gasteiger charge is 2.49. The van der Waals surface area contributed by atoms with Crippen LogP contribution >= 0.6 is 0 Å². The Labute approximate surface area is 66.4 Å². The van der Waals surface area contributed by atoms with E-state index in [1.54, 1.807) is 12.1 Å². The van der Waals surface area contributed by atoms with E-state index in [1.165, 1.54) is 12.2 Å². The van der Waals surface area contributed by atoms with Crippen LogP contribution in [0.15, 0.2) is 26.5 Å². The predicted molar refractivity (Wildman–Crippen MR) is 35.7 cm³/mol. The van der Waals surface area contributed by atoms with Crippen LogP contribution in [-0.4, -0.2) is 12.2 Å². The van der Waals surface area contributed by atoms with Crippen LogP contribution in [-0.2, 0) is 15.3 Å². The summed E-state index contributed by atoms with van der Waals surface area (Å²) in [6, 6.07) is 3.19. The van der Waals surface area contributed by atoms with Crippen LogP contribution in [0.3, 0.4) is 0 Å². The largest absolute Gasteiger partial charge is 0.456 e. The first-order chi connectivity index (χ1) is 5.83. The second-order valence-corrected chi connectivity index (χ2v) is 2.24. The summed E-state index contributed by atoms with van der Waals surface area (Å²) in [5, 5.41) is 0. The van der Waals surface area contributed by atoms with Crippen molar-refractivity contribution in [2.24, 2.45) is 9.98 Å². The molecule has 5 nitrogen and oxygen atoms in total. The van der Waals surface area contributed by atoms with E-state index >= 15 is 0 Å². The number of isocyanates is 2. The first-order valence-electron chi connectivity index (χ1n) is 3.12. The summed E-state index contributed by atoms with van der Waals surface area (Å²) < 4.78 is 4.95. The van der Waals surface area contributed by atoms with Crippen molar-refractivity contribution < 1.29 is 14.0 Å². The standard InChI is InChI=1S/C7H2N2O3/c10-3-8-7(9-4-11)5-1-2-6(7)12-5/h1-2H. The molecule has 0 saturated carbocycles. The van der Waals surface area contributed by atoms with Crippen LogP contribution in [0.25, 0.3) is 0 Å². The van der Waals surface area contributed by atoms with Gasteiger partial charge in [0.25, 0.3) is 5.66 Å². The van der Waals surface area contributed by atoms with Crippen LogP contribution in [0.5, 0.6) is 0 Å². The van der Waals surface area contributed by atoms with Crippen molar-refractivity contribution in [2.45, 2.75) is 5.66 Å². The molecule has 12 heavy (non-hydrogen) atoms. The molecule has 2 aliphatic rings. The molecule has 0 radical (unpaired) electrons. The minimum Gasteiger partial charge on any atom is -0.456 e. The maximum absolute atomic E-state index is 10.0. The molecule has 0 N–H and O–H groups in total. The first-order valence-corrected chi connectivity index (χ1v) is 3.12. The van der Waals surface area contributed by atoms with Crippen molar-refractivity contribution in [3.05, 3.63) is 23.7 Å². The van der Waals surface area contributed by atoms with Gasteiger partial charge >= 0.3 is 0 Å². The number of fused-ring (bicyclic) bond motifs is 1. The molecule has 58 valence electrons. The number of aliphatic imine (C=N–C) groups is 2. The summed E-state index contributed by atoms with van der Waals surface area (Å²) in [5.74, 6) is 0.730. The van der Waals surface area contributed by atoms with Crippen molar-refractivity contribution in [2.75, 3.05) is 0 Å². The third-order valence-corrected chi connectivity index (χ3v) is 1.71. The Balaban J connectivity index is 2.57. The fraction of sp³-hybridized carbons (Fsp3) is 0.143. The second-order valence-electron chi connectivity index (χ2n) is 2.24. The molecule has 0 fully saturated rings. The fourth-order valence-corrected chi connectivity index (χ4v) is 1.17. The third-order valence-electron chi connectivity index (χ3n) is 1.71. The molecule has 3 rings (SSSR count). The van der Waals surface area contributed by atoms with E-state index in [2.05, 4.69) is 9.98 Å². The van der Waals surface area contributed by atoms with Gasteiger partial charge in [-0.25, -0.2) is 9.59 Å². The Morgan fingerprint density at radius 1 is 1.17 bits per heavy atom. The van der Waals surface area contributed by atoms with Gasteiger partial charge in [0.2, 0.25) is 12.2 Å². The highest BCUT2D eigenvalue weighted by atomic mass is 16.4. The average molecular weight is 162 g/mol. The van der Waals surface area contributed by atoms with Crippen LogP contribution in [0.4, 0.5) is 0 Å². The Morgan fingerprint density at radius 2 is 1.67 bits per heavy atom. The Bertz CT molecular complexity index is 376. The van der Waals surface area contributed by atoms with Gasteiger partial charge in [0.1, 0.15) is 0 Å². The van der Waals surface area contributed by atoms with E-state index in [-0.39, 0.29) is 0 Å². The maximum atomic E-state index is 10.0. The van der Waals surface area contributed by atoms with E-state index < -0.39 is 5.66 Å². The molecule has 2 heterocycles. The lowest BCUT2D eigenvalue weighted by atomic mass is 10.1. The lowest BCUT2D eigenvalue weighted by Crippen LogP contribution is -2.25. The summed E-state index contributed by atoms with van der Waals surface area (Å²) in [7, 11) is 0. The zero-order valence-corrected chi connectivity index (χ0v) is 5.77. The fourth-order valence-electron chi connectivity index (χ4n) is 1.17. The Kier molecular flexibility index (Phi) is 1.13. The number of nitrogens with zero attached hydrogens (tertiary/aromatic N) is 2. The van der Waals surface area contributed by atoms with Gasteiger partial charge in [0.05, 0.1) is 0 Å². The third kappa shape index (κ3) is 0.545. The van der Waals surface area contributed by atoms with Gasteiger partial charge < -0.3 is 4.42 Å². The highest BCUT2D eigenvalue weighted by Crippen LogP contribution is 2.45. The smallest absolute Gasteiger partial charge is 0.287 e. The summed E-state index contributed by atoms with van der Waals surface area (Å²) in [6.45, 7) is 0. The lowest BCUT2D eigenvalue weighted by molar-refractivity contribution is 0.250. The predicted octanol–water partition coefficient (Wildman–Crippen LogP) is 0.466. The SMILES string of the molecule is O=C=NC1(N=C=O)c2ccc1o2. The molecule has 1 aliphatic carbocycles. The average Bonchev–Trinajstić information content (AvgIpc) is 2.63. The first kappa shape index (κ1) is 6.73. The number of carbonyl (C=O) groups excluding carboxylic acids is 2. The monoisotopic (exact) mass is 162 g/mol. The van der Waals surface area contributed by atoms with Gasteiger partial charge in [-0.2, -0.15) is 9.98 Å². The normalized spacial score (nSPS) is 15.3. The summed E-state index contributed by atoms with van der Waals surface area (Å²) in [5.41, 5.74) is -1.25. The van der Waals surface area contributed by atoms with Crippen molar-refractivity contribution >= 4 is 12.2 Å². The van der Waals surface area contributed by atoms with Crippen LogP contribution in [0.1, 0.15) is 11.5 Å². The molecule has 0 aromatic carbocycles. The summed E-state index contributed by atoms with van der Waals surface area (Å²) >= 11 is 0. The topological polar surface area (TPSA) is 72.0 Å². The number of hydrogen-bond donors (Lipinski definition) is 0. The quantitative estimate of drug-likeness (QED) is 0.468. The van der Waals surface area contributed by atoms with Gasteiger partial charge in [-0.15, -0.1) is 0 Å². The molecule has 2 bridgehead atoms. The number of rotatable bonds is 2. The van der Waals surface area contributed by atoms with Gasteiger partial charge in [-0.05, 0) is 12.1 Å². The van der Waals surface area contributed by atoms with E-state index in [1.807, 2.05) is 0 Å². The maximum Gasteiger partial charge on any atom is 0.287 e. The molecule has 1 aromatic heterocycles. The van der Waals surface area contributed by atoms with Gasteiger partial charge in [0, 0.05) is 0 Å². The molecule has 0 unspecified atom stereocenters.